The number of benzene rings is 1. The van der Waals surface area contributed by atoms with E-state index in [1.54, 1.807) is 0 Å². The van der Waals surface area contributed by atoms with Crippen molar-refractivity contribution in [3.05, 3.63) is 51.1 Å². The Morgan fingerprint density at radius 3 is 2.65 bits per heavy atom. The third kappa shape index (κ3) is 3.90. The number of morpholine rings is 1. The molecule has 2 fully saturated rings. The molecule has 1 saturated carbocycles. The maximum Gasteiger partial charge on any atom is 0.253 e. The Bertz CT molecular complexity index is 1120. The van der Waals surface area contributed by atoms with E-state index >= 15 is 0 Å². The lowest BCUT2D eigenvalue weighted by atomic mass is 9.95. The van der Waals surface area contributed by atoms with E-state index < -0.39 is 0 Å². The van der Waals surface area contributed by atoms with E-state index in [0.29, 0.717) is 24.8 Å². The highest BCUT2D eigenvalue weighted by molar-refractivity contribution is 5.83. The number of hydrogen-bond donors (Lipinski definition) is 1. The molecule has 0 radical (unpaired) electrons. The summed E-state index contributed by atoms with van der Waals surface area (Å²) in [6, 6.07) is 6.23. The number of nitrogens with one attached hydrogen (secondary N) is 1. The normalized spacial score (nSPS) is 19.7. The van der Waals surface area contributed by atoms with Crippen LogP contribution in [-0.4, -0.2) is 56.4 Å². The van der Waals surface area contributed by atoms with Gasteiger partial charge in [0, 0.05) is 29.6 Å². The van der Waals surface area contributed by atoms with Gasteiger partial charge in [-0.3, -0.25) is 9.69 Å². The number of aromatic nitrogens is 5. The number of ether oxygens (including phenoxy) is 1. The predicted molar refractivity (Wildman–Crippen MR) is 118 cm³/mol. The van der Waals surface area contributed by atoms with Gasteiger partial charge in [-0.05, 0) is 60.4 Å². The average Bonchev–Trinajstić information content (AvgIpc) is 3.25. The second-order valence-electron chi connectivity index (χ2n) is 8.92. The SMILES string of the molecule is Cc1cc(C)c2cc([C@@H](c3nnnn3C3CCCCC3)N3CCOCC3)c(=O)[nH]c2c1. The molecular formula is C23H30N6O2. The molecule has 5 rings (SSSR count). The van der Waals surface area contributed by atoms with E-state index in [9.17, 15) is 4.79 Å². The Labute approximate surface area is 181 Å². The zero-order valence-corrected chi connectivity index (χ0v) is 18.3. The molecule has 1 atom stereocenters. The summed E-state index contributed by atoms with van der Waals surface area (Å²) >= 11 is 0. The van der Waals surface area contributed by atoms with Crippen LogP contribution in [0.4, 0.5) is 0 Å². The smallest absolute Gasteiger partial charge is 0.253 e. The minimum atomic E-state index is -0.297. The van der Waals surface area contributed by atoms with Gasteiger partial charge in [-0.15, -0.1) is 5.10 Å². The Balaban J connectivity index is 1.65. The molecule has 0 spiro atoms. The van der Waals surface area contributed by atoms with E-state index in [1.165, 1.54) is 19.3 Å². The number of rotatable bonds is 4. The van der Waals surface area contributed by atoms with Gasteiger partial charge in [-0.1, -0.05) is 25.3 Å². The van der Waals surface area contributed by atoms with E-state index in [4.69, 9.17) is 4.74 Å². The first-order valence-corrected chi connectivity index (χ1v) is 11.4. The number of nitrogens with zero attached hydrogens (tertiary/aromatic N) is 5. The van der Waals surface area contributed by atoms with Crippen LogP contribution >= 0.6 is 0 Å². The van der Waals surface area contributed by atoms with Crippen molar-refractivity contribution in [2.24, 2.45) is 0 Å². The van der Waals surface area contributed by atoms with Crippen LogP contribution in [0.5, 0.6) is 0 Å². The molecule has 0 amide bonds. The number of pyridine rings is 1. The highest BCUT2D eigenvalue weighted by Gasteiger charge is 2.33. The molecule has 164 valence electrons. The summed E-state index contributed by atoms with van der Waals surface area (Å²) in [6.07, 6.45) is 5.83. The van der Waals surface area contributed by atoms with Gasteiger partial charge in [0.25, 0.3) is 5.56 Å². The fourth-order valence-corrected chi connectivity index (χ4v) is 5.19. The zero-order chi connectivity index (χ0) is 21.4. The Hall–Kier alpha value is -2.58. The molecule has 3 heterocycles. The summed E-state index contributed by atoms with van der Waals surface area (Å²) in [5.74, 6) is 0.767. The van der Waals surface area contributed by atoms with E-state index in [-0.39, 0.29) is 11.6 Å². The third-order valence-electron chi connectivity index (χ3n) is 6.73. The first kappa shape index (κ1) is 20.3. The van der Waals surface area contributed by atoms with Gasteiger partial charge in [0.15, 0.2) is 5.82 Å². The molecule has 8 nitrogen and oxygen atoms in total. The topological polar surface area (TPSA) is 88.9 Å². The van der Waals surface area contributed by atoms with Crippen molar-refractivity contribution in [1.29, 1.82) is 0 Å². The first-order chi connectivity index (χ1) is 15.1. The monoisotopic (exact) mass is 422 g/mol. The van der Waals surface area contributed by atoms with Crippen molar-refractivity contribution in [2.75, 3.05) is 26.3 Å². The fraction of sp³-hybridized carbons (Fsp3) is 0.565. The van der Waals surface area contributed by atoms with Gasteiger partial charge in [0.05, 0.1) is 19.3 Å². The van der Waals surface area contributed by atoms with Crippen LogP contribution in [0.25, 0.3) is 10.9 Å². The number of tetrazole rings is 1. The quantitative estimate of drug-likeness (QED) is 0.695. The van der Waals surface area contributed by atoms with Crippen LogP contribution in [0, 0.1) is 13.8 Å². The molecule has 31 heavy (non-hydrogen) atoms. The van der Waals surface area contributed by atoms with Crippen LogP contribution in [0.3, 0.4) is 0 Å². The standard InChI is InChI=1S/C23H30N6O2/c1-15-12-16(2)18-14-19(23(30)24-20(18)13-15)21(28-8-10-31-11-9-28)22-25-26-27-29(22)17-6-4-3-5-7-17/h12-14,17,21H,3-11H2,1-2H3,(H,24,30)/t21-/m0/s1. The molecule has 3 aromatic rings. The number of hydrogen-bond acceptors (Lipinski definition) is 6. The van der Waals surface area contributed by atoms with Crippen LogP contribution in [0.15, 0.2) is 23.0 Å². The lowest BCUT2D eigenvalue weighted by Gasteiger charge is -2.34. The lowest BCUT2D eigenvalue weighted by Crippen LogP contribution is -2.42. The molecule has 1 N–H and O–H groups in total. The summed E-state index contributed by atoms with van der Waals surface area (Å²) in [6.45, 7) is 6.91. The molecule has 1 saturated heterocycles. The predicted octanol–water partition coefficient (Wildman–Crippen LogP) is 3.06. The van der Waals surface area contributed by atoms with Gasteiger partial charge >= 0.3 is 0 Å². The Morgan fingerprint density at radius 2 is 1.87 bits per heavy atom. The molecule has 8 heteroatoms. The minimum absolute atomic E-state index is 0.0767. The van der Waals surface area contributed by atoms with Gasteiger partial charge in [-0.2, -0.15) is 0 Å². The number of aromatic amines is 1. The molecule has 1 aliphatic heterocycles. The minimum Gasteiger partial charge on any atom is -0.379 e. The molecule has 2 aliphatic rings. The molecule has 1 aliphatic carbocycles. The summed E-state index contributed by atoms with van der Waals surface area (Å²) in [4.78, 5) is 18.7. The number of fused-ring (bicyclic) bond motifs is 1. The number of aryl methyl sites for hydroxylation is 2. The van der Waals surface area contributed by atoms with E-state index in [1.807, 2.05) is 23.7 Å². The fourth-order valence-electron chi connectivity index (χ4n) is 5.19. The van der Waals surface area contributed by atoms with Crippen molar-refractivity contribution >= 4 is 10.9 Å². The maximum absolute atomic E-state index is 13.3. The van der Waals surface area contributed by atoms with Gasteiger partial charge in [0.2, 0.25) is 0 Å². The summed E-state index contributed by atoms with van der Waals surface area (Å²) in [5.41, 5.74) is 3.79. The summed E-state index contributed by atoms with van der Waals surface area (Å²) < 4.78 is 7.59. The lowest BCUT2D eigenvalue weighted by molar-refractivity contribution is 0.0209. The summed E-state index contributed by atoms with van der Waals surface area (Å²) in [5, 5.41) is 14.0. The van der Waals surface area contributed by atoms with Crippen molar-refractivity contribution < 1.29 is 4.74 Å². The van der Waals surface area contributed by atoms with Crippen molar-refractivity contribution in [3.8, 4) is 0 Å². The highest BCUT2D eigenvalue weighted by Crippen LogP contribution is 2.33. The Morgan fingerprint density at radius 1 is 1.10 bits per heavy atom. The second-order valence-corrected chi connectivity index (χ2v) is 8.92. The largest absolute Gasteiger partial charge is 0.379 e. The Kier molecular flexibility index (Phi) is 5.58. The molecule has 0 unspecified atom stereocenters. The van der Waals surface area contributed by atoms with E-state index in [2.05, 4.69) is 38.4 Å². The zero-order valence-electron chi connectivity index (χ0n) is 18.3. The van der Waals surface area contributed by atoms with Crippen LogP contribution in [-0.2, 0) is 4.74 Å². The molecule has 0 bridgehead atoms. The van der Waals surface area contributed by atoms with Crippen molar-refractivity contribution in [3.63, 3.8) is 0 Å². The molecular weight excluding hydrogens is 392 g/mol. The van der Waals surface area contributed by atoms with Crippen molar-refractivity contribution in [2.45, 2.75) is 58.0 Å². The molecule has 2 aromatic heterocycles. The van der Waals surface area contributed by atoms with Crippen LogP contribution in [0.1, 0.15) is 66.7 Å². The second kappa shape index (κ2) is 8.51. The molecule has 1 aromatic carbocycles. The van der Waals surface area contributed by atoms with Gasteiger partial charge in [-0.25, -0.2) is 4.68 Å². The van der Waals surface area contributed by atoms with Crippen LogP contribution in [0.2, 0.25) is 0 Å². The third-order valence-corrected chi connectivity index (χ3v) is 6.73. The number of H-pyrrole nitrogens is 1. The van der Waals surface area contributed by atoms with Gasteiger partial charge < -0.3 is 9.72 Å². The van der Waals surface area contributed by atoms with E-state index in [0.717, 1.165) is 53.8 Å². The van der Waals surface area contributed by atoms with Crippen LogP contribution < -0.4 is 5.56 Å². The van der Waals surface area contributed by atoms with Crippen molar-refractivity contribution in [1.82, 2.24) is 30.1 Å². The first-order valence-electron chi connectivity index (χ1n) is 11.4. The summed E-state index contributed by atoms with van der Waals surface area (Å²) in [7, 11) is 0. The average molecular weight is 423 g/mol. The van der Waals surface area contributed by atoms with Gasteiger partial charge in [0.1, 0.15) is 6.04 Å². The maximum atomic E-state index is 13.3. The highest BCUT2D eigenvalue weighted by atomic mass is 16.5.